The topological polar surface area (TPSA) is 43.8 Å². The second kappa shape index (κ2) is 3.91. The Bertz CT molecular complexity index is 489. The molecule has 3 rings (SSSR count). The largest absolute Gasteiger partial charge is 0.328 e. The van der Waals surface area contributed by atoms with Crippen molar-refractivity contribution in [3.63, 3.8) is 0 Å². The lowest BCUT2D eigenvalue weighted by atomic mass is 9.91. The highest BCUT2D eigenvalue weighted by atomic mass is 15.3. The summed E-state index contributed by atoms with van der Waals surface area (Å²) >= 11 is 0. The van der Waals surface area contributed by atoms with Gasteiger partial charge >= 0.3 is 0 Å². The van der Waals surface area contributed by atoms with E-state index in [1.54, 1.807) is 0 Å². The molecule has 2 unspecified atom stereocenters. The first-order valence-corrected chi connectivity index (χ1v) is 6.02. The Morgan fingerprint density at radius 1 is 1.25 bits per heavy atom. The van der Waals surface area contributed by atoms with E-state index >= 15 is 0 Å². The lowest BCUT2D eigenvalue weighted by Crippen LogP contribution is -2.29. The van der Waals surface area contributed by atoms with Crippen LogP contribution in [0.15, 0.2) is 30.5 Å². The molecule has 0 amide bonds. The van der Waals surface area contributed by atoms with Gasteiger partial charge < -0.3 is 5.73 Å². The summed E-state index contributed by atoms with van der Waals surface area (Å²) in [7, 11) is 0. The van der Waals surface area contributed by atoms with Gasteiger partial charge in [-0.15, -0.1) is 0 Å². The smallest absolute Gasteiger partial charge is 0.0685 e. The van der Waals surface area contributed by atoms with Gasteiger partial charge in [-0.3, -0.25) is 4.68 Å². The Hall–Kier alpha value is -1.35. The number of rotatable bonds is 1. The van der Waals surface area contributed by atoms with Crippen LogP contribution in [0.5, 0.6) is 0 Å². The molecule has 0 saturated heterocycles. The van der Waals surface area contributed by atoms with Crippen molar-refractivity contribution in [2.75, 3.05) is 0 Å². The van der Waals surface area contributed by atoms with Crippen LogP contribution in [0.25, 0.3) is 10.9 Å². The van der Waals surface area contributed by atoms with Crippen LogP contribution in [0.3, 0.4) is 0 Å². The Morgan fingerprint density at radius 2 is 2.12 bits per heavy atom. The van der Waals surface area contributed by atoms with Crippen LogP contribution in [-0.4, -0.2) is 15.8 Å². The van der Waals surface area contributed by atoms with Gasteiger partial charge in [0.05, 0.1) is 17.8 Å². The molecule has 0 bridgehead atoms. The van der Waals surface area contributed by atoms with E-state index in [0.717, 1.165) is 12.8 Å². The van der Waals surface area contributed by atoms with E-state index in [9.17, 15) is 0 Å². The summed E-state index contributed by atoms with van der Waals surface area (Å²) in [6, 6.07) is 9.22. The first-order chi connectivity index (χ1) is 7.84. The number of hydrogen-bond acceptors (Lipinski definition) is 2. The molecule has 1 aromatic heterocycles. The first kappa shape index (κ1) is 9.85. The lowest BCUT2D eigenvalue weighted by Gasteiger charge is -2.27. The third kappa shape index (κ3) is 1.61. The second-order valence-electron chi connectivity index (χ2n) is 4.73. The molecule has 2 atom stereocenters. The van der Waals surface area contributed by atoms with Gasteiger partial charge in [-0.1, -0.05) is 18.2 Å². The van der Waals surface area contributed by atoms with Crippen LogP contribution in [0.4, 0.5) is 0 Å². The van der Waals surface area contributed by atoms with Crippen LogP contribution in [0.1, 0.15) is 31.7 Å². The number of fused-ring (bicyclic) bond motifs is 1. The summed E-state index contributed by atoms with van der Waals surface area (Å²) in [6.07, 6.45) is 6.61. The molecule has 0 spiro atoms. The Morgan fingerprint density at radius 3 is 3.00 bits per heavy atom. The van der Waals surface area contributed by atoms with Crippen molar-refractivity contribution in [1.29, 1.82) is 0 Å². The minimum Gasteiger partial charge on any atom is -0.328 e. The zero-order valence-electron chi connectivity index (χ0n) is 9.34. The van der Waals surface area contributed by atoms with Crippen LogP contribution in [0, 0.1) is 0 Å². The highest BCUT2D eigenvalue weighted by molar-refractivity contribution is 5.78. The summed E-state index contributed by atoms with van der Waals surface area (Å²) in [6.45, 7) is 0. The van der Waals surface area contributed by atoms with Crippen molar-refractivity contribution in [2.24, 2.45) is 5.73 Å². The van der Waals surface area contributed by atoms with E-state index in [1.807, 2.05) is 6.20 Å². The van der Waals surface area contributed by atoms with E-state index in [2.05, 4.69) is 34.0 Å². The van der Waals surface area contributed by atoms with Gasteiger partial charge in [-0.2, -0.15) is 5.10 Å². The molecule has 16 heavy (non-hydrogen) atoms. The standard InChI is InChI=1S/C13H17N3/c14-11-5-3-6-12(8-11)16-13-7-2-1-4-10(13)9-15-16/h1-2,4,7,9,11-12H,3,5-6,8,14H2. The first-order valence-electron chi connectivity index (χ1n) is 6.02. The van der Waals surface area contributed by atoms with E-state index in [-0.39, 0.29) is 0 Å². The Balaban J connectivity index is 1.99. The molecular weight excluding hydrogens is 198 g/mol. The fourth-order valence-corrected chi connectivity index (χ4v) is 2.71. The van der Waals surface area contributed by atoms with Gasteiger partial charge in [0.1, 0.15) is 0 Å². The molecule has 1 aliphatic carbocycles. The van der Waals surface area contributed by atoms with Gasteiger partial charge in [0, 0.05) is 11.4 Å². The molecule has 3 nitrogen and oxygen atoms in total. The summed E-state index contributed by atoms with van der Waals surface area (Å²) in [4.78, 5) is 0. The average molecular weight is 215 g/mol. The van der Waals surface area contributed by atoms with E-state index < -0.39 is 0 Å². The summed E-state index contributed by atoms with van der Waals surface area (Å²) in [5.74, 6) is 0. The third-order valence-corrected chi connectivity index (χ3v) is 3.54. The minimum absolute atomic E-state index is 0.349. The van der Waals surface area contributed by atoms with E-state index in [4.69, 9.17) is 5.73 Å². The Kier molecular flexibility index (Phi) is 2.40. The van der Waals surface area contributed by atoms with Gasteiger partial charge in [0.15, 0.2) is 0 Å². The van der Waals surface area contributed by atoms with Crippen molar-refractivity contribution in [3.8, 4) is 0 Å². The molecule has 1 saturated carbocycles. The van der Waals surface area contributed by atoms with Gasteiger partial charge in [0.2, 0.25) is 0 Å². The van der Waals surface area contributed by atoms with Crippen molar-refractivity contribution >= 4 is 10.9 Å². The molecule has 1 heterocycles. The molecular formula is C13H17N3. The molecule has 0 aliphatic heterocycles. The minimum atomic E-state index is 0.349. The maximum atomic E-state index is 6.03. The highest BCUT2D eigenvalue weighted by Crippen LogP contribution is 2.29. The van der Waals surface area contributed by atoms with Crippen LogP contribution < -0.4 is 5.73 Å². The van der Waals surface area contributed by atoms with Crippen molar-refractivity contribution in [1.82, 2.24) is 9.78 Å². The number of benzene rings is 1. The quantitative estimate of drug-likeness (QED) is 0.794. The van der Waals surface area contributed by atoms with Crippen molar-refractivity contribution < 1.29 is 0 Å². The number of nitrogens with two attached hydrogens (primary N) is 1. The average Bonchev–Trinajstić information content (AvgIpc) is 2.72. The zero-order valence-corrected chi connectivity index (χ0v) is 9.34. The molecule has 2 aromatic rings. The fourth-order valence-electron chi connectivity index (χ4n) is 2.71. The summed E-state index contributed by atoms with van der Waals surface area (Å²) in [5, 5.41) is 5.74. The van der Waals surface area contributed by atoms with Crippen LogP contribution in [0.2, 0.25) is 0 Å². The van der Waals surface area contributed by atoms with E-state index in [0.29, 0.717) is 12.1 Å². The molecule has 2 N–H and O–H groups in total. The predicted octanol–water partition coefficient (Wildman–Crippen LogP) is 2.48. The van der Waals surface area contributed by atoms with Gasteiger partial charge in [-0.25, -0.2) is 0 Å². The highest BCUT2D eigenvalue weighted by Gasteiger charge is 2.22. The maximum Gasteiger partial charge on any atom is 0.0685 e. The number of para-hydroxylation sites is 1. The molecule has 1 fully saturated rings. The lowest BCUT2D eigenvalue weighted by molar-refractivity contribution is 0.307. The summed E-state index contributed by atoms with van der Waals surface area (Å²) < 4.78 is 2.16. The molecule has 3 heteroatoms. The normalized spacial score (nSPS) is 26.1. The van der Waals surface area contributed by atoms with Gasteiger partial charge in [0.25, 0.3) is 0 Å². The molecule has 0 radical (unpaired) electrons. The molecule has 1 aliphatic rings. The van der Waals surface area contributed by atoms with Crippen molar-refractivity contribution in [2.45, 2.75) is 37.8 Å². The number of aromatic nitrogens is 2. The number of nitrogens with zero attached hydrogens (tertiary/aromatic N) is 2. The van der Waals surface area contributed by atoms with Crippen LogP contribution >= 0.6 is 0 Å². The zero-order chi connectivity index (χ0) is 11.0. The Labute approximate surface area is 95.2 Å². The fraction of sp³-hybridized carbons (Fsp3) is 0.462. The van der Waals surface area contributed by atoms with E-state index in [1.165, 1.54) is 23.7 Å². The maximum absolute atomic E-state index is 6.03. The summed E-state index contributed by atoms with van der Waals surface area (Å²) in [5.41, 5.74) is 7.27. The van der Waals surface area contributed by atoms with Crippen molar-refractivity contribution in [3.05, 3.63) is 30.5 Å². The third-order valence-electron chi connectivity index (χ3n) is 3.54. The number of hydrogen-bond donors (Lipinski definition) is 1. The second-order valence-corrected chi connectivity index (χ2v) is 4.73. The van der Waals surface area contributed by atoms with Crippen LogP contribution in [-0.2, 0) is 0 Å². The van der Waals surface area contributed by atoms with Gasteiger partial charge in [-0.05, 0) is 31.7 Å². The SMILES string of the molecule is NC1CCCC(n2ncc3ccccc32)C1. The molecule has 1 aromatic carbocycles. The molecule has 84 valence electrons. The predicted molar refractivity (Wildman–Crippen MR) is 65.2 cm³/mol. The monoisotopic (exact) mass is 215 g/mol.